The molecule has 0 aliphatic carbocycles. The summed E-state index contributed by atoms with van der Waals surface area (Å²) in [4.78, 5) is 32.6. The number of nitrogens with zero attached hydrogens (tertiary/aromatic N) is 3. The number of halogens is 1. The van der Waals surface area contributed by atoms with Crippen LogP contribution in [0.5, 0.6) is 11.5 Å². The summed E-state index contributed by atoms with van der Waals surface area (Å²) in [6, 6.07) is 21.0. The van der Waals surface area contributed by atoms with Crippen molar-refractivity contribution in [1.29, 1.82) is 5.26 Å². The number of nitriles is 1. The fourth-order valence-corrected chi connectivity index (χ4v) is 5.56. The van der Waals surface area contributed by atoms with E-state index in [1.54, 1.807) is 43.3 Å². The number of thiazole rings is 1. The fraction of sp³-hybridized carbons (Fsp3) is 0.161. The molecule has 0 saturated heterocycles. The van der Waals surface area contributed by atoms with Crippen molar-refractivity contribution in [2.45, 2.75) is 13.0 Å². The number of ether oxygens (including phenoxy) is 3. The predicted octanol–water partition coefficient (Wildman–Crippen LogP) is 3.99. The number of hydrogen-bond acceptors (Lipinski definition) is 8. The highest BCUT2D eigenvalue weighted by Crippen LogP contribution is 2.35. The van der Waals surface area contributed by atoms with E-state index in [0.717, 1.165) is 0 Å². The van der Waals surface area contributed by atoms with Gasteiger partial charge < -0.3 is 14.2 Å². The summed E-state index contributed by atoms with van der Waals surface area (Å²) >= 11 is 1.17. The van der Waals surface area contributed by atoms with Crippen molar-refractivity contribution in [3.8, 4) is 17.6 Å². The van der Waals surface area contributed by atoms with E-state index < -0.39 is 17.8 Å². The van der Waals surface area contributed by atoms with Crippen molar-refractivity contribution in [1.82, 2.24) is 4.57 Å². The first-order valence-electron chi connectivity index (χ1n) is 12.7. The molecule has 1 aliphatic heterocycles. The smallest absolute Gasteiger partial charge is 0.338 e. The van der Waals surface area contributed by atoms with Gasteiger partial charge in [0.15, 0.2) is 22.9 Å². The molecule has 0 saturated carbocycles. The molecule has 0 amide bonds. The average Bonchev–Trinajstić information content (AvgIpc) is 3.30. The SMILES string of the molecule is CCOC(=O)C1=C(c2ccccc2)N=c2s/c(=C\c3ccc(OCC#N)c(OC)c3)c(=O)n2C1c1ccc(F)cc1. The molecule has 5 rings (SSSR count). The van der Waals surface area contributed by atoms with Crippen molar-refractivity contribution in [3.05, 3.63) is 121 Å². The minimum Gasteiger partial charge on any atom is -0.493 e. The summed E-state index contributed by atoms with van der Waals surface area (Å²) in [5.74, 6) is -0.254. The van der Waals surface area contributed by atoms with Crippen LogP contribution in [0.2, 0.25) is 0 Å². The number of carbonyl (C=O) groups excluding carboxylic acids is 1. The summed E-state index contributed by atoms with van der Waals surface area (Å²) in [5.41, 5.74) is 2.06. The molecular weight excluding hydrogens is 545 g/mol. The number of methoxy groups -OCH3 is 1. The topological polar surface area (TPSA) is 103 Å². The Bertz CT molecular complexity index is 1850. The molecule has 0 radical (unpaired) electrons. The maximum atomic E-state index is 13.9. The summed E-state index contributed by atoms with van der Waals surface area (Å²) < 4.78 is 32.0. The molecule has 0 N–H and O–H groups in total. The second-order valence-corrected chi connectivity index (χ2v) is 9.85. The largest absolute Gasteiger partial charge is 0.493 e. The van der Waals surface area contributed by atoms with Crippen molar-refractivity contribution in [2.24, 2.45) is 4.99 Å². The highest BCUT2D eigenvalue weighted by Gasteiger charge is 2.35. The van der Waals surface area contributed by atoms with Gasteiger partial charge in [-0.05, 0) is 48.4 Å². The van der Waals surface area contributed by atoms with Gasteiger partial charge in [-0.2, -0.15) is 5.26 Å². The summed E-state index contributed by atoms with van der Waals surface area (Å²) in [6.45, 7) is 1.69. The summed E-state index contributed by atoms with van der Waals surface area (Å²) in [6.07, 6.45) is 1.69. The number of rotatable bonds is 8. The fourth-order valence-electron chi connectivity index (χ4n) is 4.56. The zero-order valence-corrected chi connectivity index (χ0v) is 23.0. The molecule has 3 aromatic carbocycles. The van der Waals surface area contributed by atoms with Gasteiger partial charge in [0.2, 0.25) is 0 Å². The lowest BCUT2D eigenvalue weighted by atomic mass is 9.93. The number of benzene rings is 3. The number of carbonyl (C=O) groups is 1. The van der Waals surface area contributed by atoms with Gasteiger partial charge in [-0.25, -0.2) is 14.2 Å². The van der Waals surface area contributed by atoms with Crippen LogP contribution < -0.4 is 24.4 Å². The molecule has 10 heteroatoms. The number of esters is 1. The Morgan fingerprint density at radius 1 is 1.12 bits per heavy atom. The Balaban J connectivity index is 1.75. The van der Waals surface area contributed by atoms with Crippen molar-refractivity contribution in [3.63, 3.8) is 0 Å². The second-order valence-electron chi connectivity index (χ2n) is 8.84. The van der Waals surface area contributed by atoms with Crippen LogP contribution in [0.3, 0.4) is 0 Å². The van der Waals surface area contributed by atoms with Gasteiger partial charge in [0, 0.05) is 5.56 Å². The van der Waals surface area contributed by atoms with Gasteiger partial charge >= 0.3 is 5.97 Å². The summed E-state index contributed by atoms with van der Waals surface area (Å²) in [7, 11) is 1.48. The van der Waals surface area contributed by atoms with Gasteiger partial charge in [0.05, 0.1) is 35.6 Å². The van der Waals surface area contributed by atoms with Crippen molar-refractivity contribution in [2.75, 3.05) is 20.3 Å². The van der Waals surface area contributed by atoms with Crippen LogP contribution in [0.1, 0.15) is 29.7 Å². The van der Waals surface area contributed by atoms with Crippen LogP contribution in [0.4, 0.5) is 4.39 Å². The van der Waals surface area contributed by atoms with E-state index in [2.05, 4.69) is 0 Å². The van der Waals surface area contributed by atoms with Gasteiger partial charge in [-0.1, -0.05) is 59.9 Å². The van der Waals surface area contributed by atoms with E-state index in [4.69, 9.17) is 24.5 Å². The lowest BCUT2D eigenvalue weighted by Crippen LogP contribution is -2.40. The Morgan fingerprint density at radius 3 is 2.56 bits per heavy atom. The summed E-state index contributed by atoms with van der Waals surface area (Å²) in [5, 5.41) is 8.83. The quantitative estimate of drug-likeness (QED) is 0.298. The molecule has 1 aromatic heterocycles. The molecule has 1 aliphatic rings. The number of aromatic nitrogens is 1. The number of fused-ring (bicyclic) bond motifs is 1. The van der Waals surface area contributed by atoms with E-state index in [1.165, 1.54) is 35.1 Å². The monoisotopic (exact) mass is 569 g/mol. The minimum absolute atomic E-state index is 0.126. The molecule has 4 aromatic rings. The molecule has 41 heavy (non-hydrogen) atoms. The predicted molar refractivity (Wildman–Crippen MR) is 152 cm³/mol. The van der Waals surface area contributed by atoms with E-state index >= 15 is 0 Å². The highest BCUT2D eigenvalue weighted by molar-refractivity contribution is 7.07. The van der Waals surface area contributed by atoms with Crippen molar-refractivity contribution >= 4 is 29.1 Å². The maximum absolute atomic E-state index is 13.9. The minimum atomic E-state index is -0.903. The molecule has 0 fully saturated rings. The first-order chi connectivity index (χ1) is 19.9. The van der Waals surface area contributed by atoms with E-state index in [1.807, 2.05) is 36.4 Å². The molecule has 2 heterocycles. The van der Waals surface area contributed by atoms with Gasteiger partial charge in [0.1, 0.15) is 11.9 Å². The Hall–Kier alpha value is -5.01. The lowest BCUT2D eigenvalue weighted by molar-refractivity contribution is -0.138. The van der Waals surface area contributed by atoms with Crippen molar-refractivity contribution < 1.29 is 23.4 Å². The Labute approximate surface area is 238 Å². The zero-order chi connectivity index (χ0) is 28.9. The second kappa shape index (κ2) is 12.0. The molecule has 8 nitrogen and oxygen atoms in total. The van der Waals surface area contributed by atoms with Crippen LogP contribution in [0.25, 0.3) is 11.8 Å². The third kappa shape index (κ3) is 5.53. The van der Waals surface area contributed by atoms with Crippen LogP contribution in [0, 0.1) is 17.1 Å². The average molecular weight is 570 g/mol. The molecule has 0 bridgehead atoms. The first kappa shape index (κ1) is 27.6. The number of hydrogen-bond donors (Lipinski definition) is 0. The van der Waals surface area contributed by atoms with Gasteiger partial charge in [-0.15, -0.1) is 0 Å². The van der Waals surface area contributed by atoms with E-state index in [0.29, 0.717) is 43.2 Å². The van der Waals surface area contributed by atoms with Gasteiger partial charge in [-0.3, -0.25) is 9.36 Å². The Morgan fingerprint density at radius 2 is 1.88 bits per heavy atom. The standard InChI is InChI=1S/C31H24FN3O5S/c1-3-39-30(37)26-27(20-7-5-4-6-8-20)34-31-35(28(26)21-10-12-22(32)13-11-21)29(36)25(41-31)18-19-9-14-23(40-16-15-33)24(17-19)38-2/h4-14,17-18,28H,3,16H2,1-2H3/b25-18-. The first-order valence-corrected chi connectivity index (χ1v) is 13.5. The Kier molecular flexibility index (Phi) is 8.08. The lowest BCUT2D eigenvalue weighted by Gasteiger charge is -2.25. The third-order valence-corrected chi connectivity index (χ3v) is 7.32. The molecule has 0 spiro atoms. The molecular formula is C31H24FN3O5S. The van der Waals surface area contributed by atoms with Crippen LogP contribution in [-0.4, -0.2) is 30.9 Å². The maximum Gasteiger partial charge on any atom is 0.338 e. The highest BCUT2D eigenvalue weighted by atomic mass is 32.1. The van der Waals surface area contributed by atoms with E-state index in [-0.39, 0.29) is 24.3 Å². The normalized spacial score (nSPS) is 14.6. The molecule has 1 atom stereocenters. The molecule has 1 unspecified atom stereocenters. The zero-order valence-electron chi connectivity index (χ0n) is 22.2. The van der Waals surface area contributed by atoms with Gasteiger partial charge in [0.25, 0.3) is 5.56 Å². The van der Waals surface area contributed by atoms with Crippen LogP contribution in [-0.2, 0) is 9.53 Å². The molecule has 206 valence electrons. The van der Waals surface area contributed by atoms with Crippen LogP contribution in [0.15, 0.2) is 88.2 Å². The third-order valence-electron chi connectivity index (χ3n) is 6.34. The van der Waals surface area contributed by atoms with Crippen LogP contribution >= 0.6 is 11.3 Å². The van der Waals surface area contributed by atoms with E-state index in [9.17, 15) is 14.0 Å².